The molecule has 1 aliphatic rings. The highest BCUT2D eigenvalue weighted by atomic mass is 16.5. The summed E-state index contributed by atoms with van der Waals surface area (Å²) in [5.74, 6) is 0.921. The summed E-state index contributed by atoms with van der Waals surface area (Å²) in [6, 6.07) is 8.39. The van der Waals surface area contributed by atoms with Crippen LogP contribution in [0.15, 0.2) is 24.3 Å². The fourth-order valence-electron chi connectivity index (χ4n) is 2.87. The first-order valence-corrected chi connectivity index (χ1v) is 7.53. The van der Waals surface area contributed by atoms with Crippen molar-refractivity contribution in [2.24, 2.45) is 11.1 Å². The van der Waals surface area contributed by atoms with Crippen LogP contribution in [0.1, 0.15) is 38.7 Å². The highest BCUT2D eigenvalue weighted by Crippen LogP contribution is 2.36. The fourth-order valence-corrected chi connectivity index (χ4v) is 2.87. The van der Waals surface area contributed by atoms with Crippen molar-refractivity contribution >= 4 is 0 Å². The maximum Gasteiger partial charge on any atom is 0.119 e. The average molecular weight is 277 g/mol. The van der Waals surface area contributed by atoms with Gasteiger partial charge in [0.15, 0.2) is 0 Å². The Morgan fingerprint density at radius 1 is 1.25 bits per heavy atom. The molecular weight excluding hydrogens is 250 g/mol. The van der Waals surface area contributed by atoms with Gasteiger partial charge in [0, 0.05) is 13.2 Å². The molecule has 1 saturated carbocycles. The van der Waals surface area contributed by atoms with E-state index in [1.807, 2.05) is 12.1 Å². The van der Waals surface area contributed by atoms with Crippen LogP contribution in [0.2, 0.25) is 0 Å². The predicted molar refractivity (Wildman–Crippen MR) is 82.0 cm³/mol. The Labute approximate surface area is 122 Å². The molecule has 0 aromatic heterocycles. The molecule has 3 heteroatoms. The Bertz CT molecular complexity index is 414. The van der Waals surface area contributed by atoms with E-state index in [9.17, 15) is 0 Å². The maximum absolute atomic E-state index is 6.36. The predicted octanol–water partition coefficient (Wildman–Crippen LogP) is 3.16. The summed E-state index contributed by atoms with van der Waals surface area (Å²) in [5, 5.41) is 0. The van der Waals surface area contributed by atoms with Crippen molar-refractivity contribution in [1.82, 2.24) is 0 Å². The molecule has 2 rings (SSSR count). The van der Waals surface area contributed by atoms with Crippen LogP contribution in [0.25, 0.3) is 0 Å². The van der Waals surface area contributed by atoms with E-state index in [-0.39, 0.29) is 17.6 Å². The molecule has 0 aliphatic heterocycles. The second kappa shape index (κ2) is 6.59. The molecule has 112 valence electrons. The molecule has 0 heterocycles. The molecule has 0 spiro atoms. The third-order valence-corrected chi connectivity index (χ3v) is 4.42. The van der Waals surface area contributed by atoms with Gasteiger partial charge in [-0.15, -0.1) is 0 Å². The van der Waals surface area contributed by atoms with E-state index in [0.717, 1.165) is 25.2 Å². The lowest BCUT2D eigenvalue weighted by atomic mass is 9.72. The first-order valence-electron chi connectivity index (χ1n) is 7.53. The zero-order chi connectivity index (χ0) is 14.6. The van der Waals surface area contributed by atoms with E-state index in [4.69, 9.17) is 15.2 Å². The largest absolute Gasteiger partial charge is 0.489 e. The Morgan fingerprint density at radius 3 is 2.60 bits per heavy atom. The van der Waals surface area contributed by atoms with Crippen molar-refractivity contribution in [2.45, 2.75) is 51.7 Å². The van der Waals surface area contributed by atoms with Gasteiger partial charge in [-0.1, -0.05) is 26.0 Å². The third kappa shape index (κ3) is 3.74. The smallest absolute Gasteiger partial charge is 0.119 e. The number of nitrogens with two attached hydrogens (primary N) is 1. The molecule has 0 amide bonds. The second-order valence-electron chi connectivity index (χ2n) is 6.45. The molecule has 0 radical (unpaired) electrons. The van der Waals surface area contributed by atoms with E-state index in [1.165, 1.54) is 18.4 Å². The van der Waals surface area contributed by atoms with Crippen LogP contribution in [0.3, 0.4) is 0 Å². The highest BCUT2D eigenvalue weighted by Gasteiger charge is 2.37. The van der Waals surface area contributed by atoms with Gasteiger partial charge in [0.05, 0.1) is 6.61 Å². The van der Waals surface area contributed by atoms with Gasteiger partial charge >= 0.3 is 0 Å². The molecule has 0 bridgehead atoms. The SMILES string of the molecule is COCCc1ccc(OC2CCCC(C)(C)C2N)cc1. The zero-order valence-corrected chi connectivity index (χ0v) is 12.9. The van der Waals surface area contributed by atoms with Gasteiger partial charge in [0.25, 0.3) is 0 Å². The summed E-state index contributed by atoms with van der Waals surface area (Å²) in [5.41, 5.74) is 7.80. The lowest BCUT2D eigenvalue weighted by Crippen LogP contribution is -2.51. The minimum absolute atomic E-state index is 0.101. The molecule has 2 atom stereocenters. The van der Waals surface area contributed by atoms with Gasteiger partial charge in [0.1, 0.15) is 11.9 Å². The van der Waals surface area contributed by atoms with Crippen molar-refractivity contribution in [3.05, 3.63) is 29.8 Å². The van der Waals surface area contributed by atoms with Crippen LogP contribution < -0.4 is 10.5 Å². The Morgan fingerprint density at radius 2 is 1.95 bits per heavy atom. The van der Waals surface area contributed by atoms with Crippen molar-refractivity contribution in [3.8, 4) is 5.75 Å². The third-order valence-electron chi connectivity index (χ3n) is 4.42. The number of hydrogen-bond acceptors (Lipinski definition) is 3. The van der Waals surface area contributed by atoms with Crippen LogP contribution in [0.5, 0.6) is 5.75 Å². The van der Waals surface area contributed by atoms with Crippen LogP contribution in [-0.4, -0.2) is 25.9 Å². The van der Waals surface area contributed by atoms with E-state index >= 15 is 0 Å². The summed E-state index contributed by atoms with van der Waals surface area (Å²) in [7, 11) is 1.73. The van der Waals surface area contributed by atoms with Crippen molar-refractivity contribution in [2.75, 3.05) is 13.7 Å². The van der Waals surface area contributed by atoms with Gasteiger partial charge in [-0.05, 0) is 48.8 Å². The standard InChI is InChI=1S/C17H27NO2/c1-17(2)11-4-5-15(16(17)18)20-14-8-6-13(7-9-14)10-12-19-3/h6-9,15-16H,4-5,10-12,18H2,1-3H3. The Kier molecular flexibility index (Phi) is 5.06. The summed E-state index contributed by atoms with van der Waals surface area (Å²) in [6.07, 6.45) is 4.49. The molecule has 1 aliphatic carbocycles. The van der Waals surface area contributed by atoms with Gasteiger partial charge in [0.2, 0.25) is 0 Å². The lowest BCUT2D eigenvalue weighted by molar-refractivity contribution is 0.0567. The van der Waals surface area contributed by atoms with E-state index in [1.54, 1.807) is 7.11 Å². The summed E-state index contributed by atoms with van der Waals surface area (Å²) in [4.78, 5) is 0. The molecule has 2 unspecified atom stereocenters. The normalized spacial score (nSPS) is 25.4. The summed E-state index contributed by atoms with van der Waals surface area (Å²) < 4.78 is 11.2. The van der Waals surface area contributed by atoms with Crippen LogP contribution >= 0.6 is 0 Å². The highest BCUT2D eigenvalue weighted by molar-refractivity contribution is 5.27. The molecule has 2 N–H and O–H groups in total. The van der Waals surface area contributed by atoms with Crippen LogP contribution in [0.4, 0.5) is 0 Å². The van der Waals surface area contributed by atoms with Crippen molar-refractivity contribution in [3.63, 3.8) is 0 Å². The number of benzene rings is 1. The molecule has 1 aromatic carbocycles. The minimum atomic E-state index is 0.101. The topological polar surface area (TPSA) is 44.5 Å². The second-order valence-corrected chi connectivity index (χ2v) is 6.45. The number of hydrogen-bond donors (Lipinski definition) is 1. The van der Waals surface area contributed by atoms with Gasteiger partial charge in [-0.25, -0.2) is 0 Å². The monoisotopic (exact) mass is 277 g/mol. The van der Waals surface area contributed by atoms with Crippen molar-refractivity contribution in [1.29, 1.82) is 0 Å². The lowest BCUT2D eigenvalue weighted by Gasteiger charge is -2.41. The molecule has 3 nitrogen and oxygen atoms in total. The molecule has 20 heavy (non-hydrogen) atoms. The van der Waals surface area contributed by atoms with Crippen LogP contribution in [-0.2, 0) is 11.2 Å². The van der Waals surface area contributed by atoms with Gasteiger partial charge < -0.3 is 15.2 Å². The van der Waals surface area contributed by atoms with E-state index in [0.29, 0.717) is 0 Å². The Hall–Kier alpha value is -1.06. The molecule has 1 fully saturated rings. The molecule has 0 saturated heterocycles. The number of rotatable bonds is 5. The average Bonchev–Trinajstić information content (AvgIpc) is 2.43. The zero-order valence-electron chi connectivity index (χ0n) is 12.9. The molecule has 1 aromatic rings. The maximum atomic E-state index is 6.36. The fraction of sp³-hybridized carbons (Fsp3) is 0.647. The van der Waals surface area contributed by atoms with Gasteiger partial charge in [-0.3, -0.25) is 0 Å². The van der Waals surface area contributed by atoms with Crippen molar-refractivity contribution < 1.29 is 9.47 Å². The Balaban J connectivity index is 1.95. The molecular formula is C17H27NO2. The first-order chi connectivity index (χ1) is 9.53. The first kappa shape index (κ1) is 15.3. The van der Waals surface area contributed by atoms with E-state index in [2.05, 4.69) is 26.0 Å². The quantitative estimate of drug-likeness (QED) is 0.899. The summed E-state index contributed by atoms with van der Waals surface area (Å²) >= 11 is 0. The summed E-state index contributed by atoms with van der Waals surface area (Å²) in [6.45, 7) is 5.23. The number of methoxy groups -OCH3 is 1. The van der Waals surface area contributed by atoms with E-state index < -0.39 is 0 Å². The van der Waals surface area contributed by atoms with Gasteiger partial charge in [-0.2, -0.15) is 0 Å². The van der Waals surface area contributed by atoms with Crippen LogP contribution in [0, 0.1) is 5.41 Å². The minimum Gasteiger partial charge on any atom is -0.489 e. The number of ether oxygens (including phenoxy) is 2.